The summed E-state index contributed by atoms with van der Waals surface area (Å²) in [6.07, 6.45) is -3.85. The van der Waals surface area contributed by atoms with Crippen LogP contribution in [0.5, 0.6) is 5.75 Å². The van der Waals surface area contributed by atoms with Crippen LogP contribution in [0.4, 0.5) is 23.2 Å². The Kier molecular flexibility index (Phi) is 9.25. The third-order valence-corrected chi connectivity index (χ3v) is 7.54. The Morgan fingerprint density at radius 2 is 1.82 bits per heavy atom. The summed E-state index contributed by atoms with van der Waals surface area (Å²) in [7, 11) is 0. The number of hydrogen-bond donors (Lipinski definition) is 2. The average Bonchev–Trinajstić information content (AvgIpc) is 3.60. The van der Waals surface area contributed by atoms with Gasteiger partial charge in [0.25, 0.3) is 0 Å². The molecule has 2 heterocycles. The number of aliphatic imine (C=N–C) groups is 1. The molecule has 1 aromatic heterocycles. The molecular weight excluding hydrogens is 612 g/mol. The summed E-state index contributed by atoms with van der Waals surface area (Å²) >= 11 is 1.17. The van der Waals surface area contributed by atoms with Crippen molar-refractivity contribution in [1.82, 2.24) is 20.1 Å². The minimum atomic E-state index is -4.78. The zero-order valence-corrected chi connectivity index (χ0v) is 25.1. The molecule has 1 amide bonds. The average molecular weight is 641 g/mol. The highest BCUT2D eigenvalue weighted by Gasteiger charge is 2.33. The highest BCUT2D eigenvalue weighted by Crippen LogP contribution is 2.34. The van der Waals surface area contributed by atoms with Crippen molar-refractivity contribution in [3.63, 3.8) is 0 Å². The topological polar surface area (TPSA) is 105 Å². The van der Waals surface area contributed by atoms with Crippen LogP contribution in [0.25, 0.3) is 23.2 Å². The second-order valence-corrected chi connectivity index (χ2v) is 11.3. The van der Waals surface area contributed by atoms with Crippen LogP contribution >= 0.6 is 11.8 Å². The summed E-state index contributed by atoms with van der Waals surface area (Å²) in [6, 6.07) is 17.6. The van der Waals surface area contributed by atoms with Gasteiger partial charge < -0.3 is 15.2 Å². The second-order valence-electron chi connectivity index (χ2n) is 10.3. The number of halogens is 4. The summed E-state index contributed by atoms with van der Waals surface area (Å²) in [5, 5.41) is 17.4. The number of nitrogens with zero attached hydrogens (tertiary/aromatic N) is 5. The van der Waals surface area contributed by atoms with Gasteiger partial charge in [-0.05, 0) is 65.9 Å². The molecule has 5 rings (SSSR count). The first kappa shape index (κ1) is 31.7. The van der Waals surface area contributed by atoms with Gasteiger partial charge in [0, 0.05) is 5.56 Å². The number of benzene rings is 3. The van der Waals surface area contributed by atoms with Crippen molar-refractivity contribution in [1.29, 1.82) is 0 Å². The number of nitrogens with one attached hydrogen (secondary N) is 1. The van der Waals surface area contributed by atoms with E-state index in [-0.39, 0.29) is 28.5 Å². The lowest BCUT2D eigenvalue weighted by atomic mass is 9.99. The summed E-state index contributed by atoms with van der Waals surface area (Å²) in [5.74, 6) is -0.745. The molecule has 3 aromatic carbocycles. The molecule has 1 aliphatic rings. The number of alkyl halides is 3. The Balaban J connectivity index is 1.24. The molecule has 0 saturated carbocycles. The van der Waals surface area contributed by atoms with E-state index in [0.717, 1.165) is 11.1 Å². The maximum absolute atomic E-state index is 14.8. The van der Waals surface area contributed by atoms with Gasteiger partial charge in [-0.3, -0.25) is 9.69 Å². The monoisotopic (exact) mass is 640 g/mol. The standard InChI is InChI=1S/C31H28F4N6O3S/c1-18(2)24-13-4-19(3)14-25(24)41-27(42)16-45-30(41)38-29(43)37-26(32)15-20-5-7-21(8-6-20)28-36-17-40(39-28)22-9-11-23(12-10-22)44-31(33,34)35/h4-15,17-18,29,37,43H,16H2,1-3H3/b26-15+,38-30-. The van der Waals surface area contributed by atoms with E-state index in [0.29, 0.717) is 28.3 Å². The van der Waals surface area contributed by atoms with E-state index in [4.69, 9.17) is 0 Å². The number of aliphatic hydroxyl groups is 1. The van der Waals surface area contributed by atoms with Crippen molar-refractivity contribution < 1.29 is 32.2 Å². The van der Waals surface area contributed by atoms with Gasteiger partial charge in [-0.15, -0.1) is 18.3 Å². The maximum Gasteiger partial charge on any atom is 0.573 e. The van der Waals surface area contributed by atoms with Crippen LogP contribution in [-0.2, 0) is 4.79 Å². The molecule has 0 aliphatic carbocycles. The lowest BCUT2D eigenvalue weighted by Gasteiger charge is -2.23. The second kappa shape index (κ2) is 13.1. The zero-order valence-electron chi connectivity index (χ0n) is 24.3. The summed E-state index contributed by atoms with van der Waals surface area (Å²) in [4.78, 5) is 22.6. The quantitative estimate of drug-likeness (QED) is 0.122. The molecule has 1 unspecified atom stereocenters. The number of aryl methyl sites for hydroxylation is 1. The number of aromatic nitrogens is 3. The van der Waals surface area contributed by atoms with Crippen LogP contribution in [0, 0.1) is 6.92 Å². The van der Waals surface area contributed by atoms with Gasteiger partial charge in [0.2, 0.25) is 12.3 Å². The molecule has 14 heteroatoms. The van der Waals surface area contributed by atoms with Crippen molar-refractivity contribution in [2.75, 3.05) is 10.7 Å². The first-order chi connectivity index (χ1) is 21.4. The smallest absolute Gasteiger partial charge is 0.406 e. The van der Waals surface area contributed by atoms with Gasteiger partial charge in [-0.2, -0.15) is 4.39 Å². The number of carbonyl (C=O) groups excluding carboxylic acids is 1. The van der Waals surface area contributed by atoms with Crippen molar-refractivity contribution >= 4 is 34.6 Å². The molecule has 1 fully saturated rings. The van der Waals surface area contributed by atoms with Crippen molar-refractivity contribution in [3.05, 3.63) is 95.7 Å². The van der Waals surface area contributed by atoms with Crippen LogP contribution < -0.4 is 15.0 Å². The fourth-order valence-corrected chi connectivity index (χ4v) is 5.41. The fourth-order valence-electron chi connectivity index (χ4n) is 4.53. The summed E-state index contributed by atoms with van der Waals surface area (Å²) in [6.45, 7) is 5.97. The van der Waals surface area contributed by atoms with Crippen LogP contribution in [0.3, 0.4) is 0 Å². The molecular formula is C31H28F4N6O3S. The molecule has 4 aromatic rings. The maximum atomic E-state index is 14.8. The number of thioether (sulfide) groups is 1. The fraction of sp³-hybridized carbons (Fsp3) is 0.226. The van der Waals surface area contributed by atoms with E-state index >= 15 is 0 Å². The molecule has 2 N–H and O–H groups in total. The molecule has 1 atom stereocenters. The van der Waals surface area contributed by atoms with E-state index in [9.17, 15) is 27.5 Å². The number of hydrogen-bond acceptors (Lipinski definition) is 8. The number of ether oxygens (including phenoxy) is 1. The number of carbonyl (C=O) groups is 1. The Hall–Kier alpha value is -4.69. The minimum Gasteiger partial charge on any atom is -0.406 e. The third kappa shape index (κ3) is 7.88. The lowest BCUT2D eigenvalue weighted by molar-refractivity contribution is -0.274. The minimum absolute atomic E-state index is 0.143. The first-order valence-electron chi connectivity index (χ1n) is 13.7. The third-order valence-electron chi connectivity index (χ3n) is 6.60. The molecule has 9 nitrogen and oxygen atoms in total. The lowest BCUT2D eigenvalue weighted by Crippen LogP contribution is -2.33. The summed E-state index contributed by atoms with van der Waals surface area (Å²) in [5.41, 5.74) is 4.17. The molecule has 234 valence electrons. The van der Waals surface area contributed by atoms with E-state index < -0.39 is 18.7 Å². The van der Waals surface area contributed by atoms with Gasteiger partial charge in [-0.25, -0.2) is 14.7 Å². The van der Waals surface area contributed by atoms with Gasteiger partial charge in [0.1, 0.15) is 12.1 Å². The van der Waals surface area contributed by atoms with Crippen LogP contribution in [0.2, 0.25) is 0 Å². The van der Waals surface area contributed by atoms with E-state index in [1.54, 1.807) is 24.3 Å². The molecule has 45 heavy (non-hydrogen) atoms. The number of amides is 1. The van der Waals surface area contributed by atoms with Gasteiger partial charge >= 0.3 is 6.36 Å². The molecule has 0 bridgehead atoms. The SMILES string of the molecule is Cc1ccc(C(C)C)c(N2C(=O)CS/C2=N\C(O)N/C(F)=C/c2ccc(-c3ncn(-c4ccc(OC(F)(F)F)cc4)n3)cc2)c1. The molecule has 1 saturated heterocycles. The zero-order chi connectivity index (χ0) is 32.3. The van der Waals surface area contributed by atoms with Gasteiger partial charge in [-0.1, -0.05) is 62.0 Å². The van der Waals surface area contributed by atoms with E-state index in [1.807, 2.05) is 39.0 Å². The normalized spacial score (nSPS) is 15.7. The van der Waals surface area contributed by atoms with Crippen molar-refractivity contribution in [2.45, 2.75) is 39.4 Å². The van der Waals surface area contributed by atoms with E-state index in [1.165, 1.54) is 58.0 Å². The number of amidine groups is 1. The molecule has 1 aliphatic heterocycles. The van der Waals surface area contributed by atoms with Crippen molar-refractivity contribution in [3.8, 4) is 22.8 Å². The number of aliphatic hydroxyl groups excluding tert-OH is 1. The largest absolute Gasteiger partial charge is 0.573 e. The van der Waals surface area contributed by atoms with Crippen LogP contribution in [-0.4, -0.2) is 49.4 Å². The predicted octanol–water partition coefficient (Wildman–Crippen LogP) is 6.53. The van der Waals surface area contributed by atoms with Crippen molar-refractivity contribution in [2.24, 2.45) is 4.99 Å². The highest BCUT2D eigenvalue weighted by molar-refractivity contribution is 8.15. The Morgan fingerprint density at radius 1 is 1.11 bits per heavy atom. The highest BCUT2D eigenvalue weighted by atomic mass is 32.2. The van der Waals surface area contributed by atoms with Gasteiger partial charge in [0.15, 0.2) is 16.9 Å². The predicted molar refractivity (Wildman–Crippen MR) is 164 cm³/mol. The number of anilines is 1. The molecule has 0 spiro atoms. The van der Waals surface area contributed by atoms with Crippen LogP contribution in [0.1, 0.15) is 36.5 Å². The Bertz CT molecular complexity index is 1740. The first-order valence-corrected chi connectivity index (χ1v) is 14.7. The van der Waals surface area contributed by atoms with Gasteiger partial charge in [0.05, 0.1) is 17.1 Å². The number of rotatable bonds is 9. The molecule has 0 radical (unpaired) electrons. The summed E-state index contributed by atoms with van der Waals surface area (Å²) < 4.78 is 57.3. The van der Waals surface area contributed by atoms with E-state index in [2.05, 4.69) is 25.1 Å². The Morgan fingerprint density at radius 3 is 2.49 bits per heavy atom. The Labute approximate surface area is 260 Å². The van der Waals surface area contributed by atoms with Crippen LogP contribution in [0.15, 0.2) is 84.0 Å².